The van der Waals surface area contributed by atoms with Crippen molar-refractivity contribution in [2.75, 3.05) is 19.7 Å². The molecule has 0 unspecified atom stereocenters. The first-order valence-corrected chi connectivity index (χ1v) is 9.14. The summed E-state index contributed by atoms with van der Waals surface area (Å²) in [4.78, 5) is 22.0. The Morgan fingerprint density at radius 3 is 2.75 bits per heavy atom. The fourth-order valence-corrected chi connectivity index (χ4v) is 2.95. The zero-order valence-electron chi connectivity index (χ0n) is 15.8. The van der Waals surface area contributed by atoms with Gasteiger partial charge in [-0.3, -0.25) is 0 Å². The molecule has 0 spiro atoms. The van der Waals surface area contributed by atoms with Gasteiger partial charge < -0.3 is 25.1 Å². The van der Waals surface area contributed by atoms with Crippen molar-refractivity contribution in [3.05, 3.63) is 42.4 Å². The molecule has 0 radical (unpaired) electrons. The fraction of sp³-hybridized carbons (Fsp3) is 0.421. The molecule has 8 nitrogen and oxygen atoms in total. The van der Waals surface area contributed by atoms with Crippen molar-refractivity contribution in [3.8, 4) is 11.3 Å². The number of aromatic nitrogens is 1. The molecule has 1 aliphatic rings. The number of nitrogens with one attached hydrogen (secondary N) is 1. The number of amides is 1. The molecule has 0 bridgehead atoms. The summed E-state index contributed by atoms with van der Waals surface area (Å²) in [5.74, 6) is 1.57. The number of hydrogen-bond acceptors (Lipinski definition) is 5. The van der Waals surface area contributed by atoms with Crippen molar-refractivity contribution in [2.24, 2.45) is 10.7 Å². The Hall–Kier alpha value is -2.30. The van der Waals surface area contributed by atoms with Crippen molar-refractivity contribution in [3.63, 3.8) is 0 Å². The standard InChI is InChI=1S/C19H25N5O3.HI/c1-2-26-19(25)24-10-8-15(9-11-24)23-18(20)22-13-17-21-12-16(27-17)14-6-4-3-5-7-14;/h3-7,12,15H,2,8-11,13H2,1H3,(H3,20,22,23);1H. The summed E-state index contributed by atoms with van der Waals surface area (Å²) >= 11 is 0. The van der Waals surface area contributed by atoms with Crippen LogP contribution in [-0.4, -0.2) is 47.7 Å². The Bertz CT molecular complexity index is 773. The molecule has 0 saturated carbocycles. The first-order chi connectivity index (χ1) is 13.2. The lowest BCUT2D eigenvalue weighted by Crippen LogP contribution is -2.48. The summed E-state index contributed by atoms with van der Waals surface area (Å²) in [6, 6.07) is 9.96. The van der Waals surface area contributed by atoms with Crippen LogP contribution in [0.3, 0.4) is 0 Å². The highest BCUT2D eigenvalue weighted by Crippen LogP contribution is 2.20. The molecular weight excluding hydrogens is 473 g/mol. The molecule has 3 rings (SSSR count). The topological polar surface area (TPSA) is 106 Å². The molecule has 0 atom stereocenters. The number of guanidine groups is 1. The number of carbonyl (C=O) groups excluding carboxylic acids is 1. The number of nitrogens with zero attached hydrogens (tertiary/aromatic N) is 3. The molecule has 2 aromatic rings. The molecule has 3 N–H and O–H groups in total. The molecule has 152 valence electrons. The second-order valence-corrected chi connectivity index (χ2v) is 6.29. The number of likely N-dealkylation sites (tertiary alicyclic amines) is 1. The van der Waals surface area contributed by atoms with Crippen LogP contribution in [0.2, 0.25) is 0 Å². The van der Waals surface area contributed by atoms with Crippen LogP contribution in [0.1, 0.15) is 25.7 Å². The molecule has 1 aromatic heterocycles. The summed E-state index contributed by atoms with van der Waals surface area (Å²) in [5, 5.41) is 3.20. The zero-order chi connectivity index (χ0) is 19.1. The summed E-state index contributed by atoms with van der Waals surface area (Å²) < 4.78 is 10.7. The van der Waals surface area contributed by atoms with Crippen LogP contribution >= 0.6 is 24.0 Å². The number of nitrogens with two attached hydrogens (primary N) is 1. The third-order valence-corrected chi connectivity index (χ3v) is 4.37. The van der Waals surface area contributed by atoms with Gasteiger partial charge in [-0.25, -0.2) is 14.8 Å². The number of piperidine rings is 1. The van der Waals surface area contributed by atoms with Gasteiger partial charge in [-0.2, -0.15) is 0 Å². The average Bonchev–Trinajstić information content (AvgIpc) is 3.17. The Labute approximate surface area is 181 Å². The highest BCUT2D eigenvalue weighted by molar-refractivity contribution is 14.0. The SMILES string of the molecule is CCOC(=O)N1CCC(NC(N)=NCc2ncc(-c3ccccc3)o2)CC1.I. The third-order valence-electron chi connectivity index (χ3n) is 4.37. The second-order valence-electron chi connectivity index (χ2n) is 6.29. The van der Waals surface area contributed by atoms with E-state index in [9.17, 15) is 4.79 Å². The highest BCUT2D eigenvalue weighted by atomic mass is 127. The first-order valence-electron chi connectivity index (χ1n) is 9.14. The summed E-state index contributed by atoms with van der Waals surface area (Å²) in [7, 11) is 0. The Morgan fingerprint density at radius 1 is 1.36 bits per heavy atom. The minimum Gasteiger partial charge on any atom is -0.450 e. The molecule has 1 amide bonds. The number of aliphatic imine (C=N–C) groups is 1. The average molecular weight is 499 g/mol. The Morgan fingerprint density at radius 2 is 2.07 bits per heavy atom. The third kappa shape index (κ3) is 6.11. The van der Waals surface area contributed by atoms with Crippen molar-refractivity contribution < 1.29 is 13.9 Å². The molecule has 9 heteroatoms. The fourth-order valence-electron chi connectivity index (χ4n) is 2.95. The van der Waals surface area contributed by atoms with Gasteiger partial charge in [0.1, 0.15) is 6.54 Å². The van der Waals surface area contributed by atoms with Crippen LogP contribution in [0.4, 0.5) is 4.79 Å². The first kappa shape index (κ1) is 22.0. The van der Waals surface area contributed by atoms with Gasteiger partial charge in [0, 0.05) is 24.7 Å². The normalized spacial score (nSPS) is 15.0. The number of halogens is 1. The van der Waals surface area contributed by atoms with Gasteiger partial charge in [0.05, 0.1) is 12.8 Å². The minimum absolute atomic E-state index is 0. The summed E-state index contributed by atoms with van der Waals surface area (Å²) in [5.41, 5.74) is 6.95. The van der Waals surface area contributed by atoms with E-state index in [0.29, 0.717) is 37.3 Å². The van der Waals surface area contributed by atoms with E-state index in [-0.39, 0.29) is 42.7 Å². The molecule has 1 saturated heterocycles. The van der Waals surface area contributed by atoms with Crippen LogP contribution in [0.15, 0.2) is 45.9 Å². The van der Waals surface area contributed by atoms with Gasteiger partial charge in [-0.15, -0.1) is 24.0 Å². The molecule has 1 aromatic carbocycles. The van der Waals surface area contributed by atoms with E-state index in [1.165, 1.54) is 0 Å². The van der Waals surface area contributed by atoms with E-state index in [0.717, 1.165) is 18.4 Å². The van der Waals surface area contributed by atoms with E-state index in [4.69, 9.17) is 14.9 Å². The molecule has 28 heavy (non-hydrogen) atoms. The van der Waals surface area contributed by atoms with Crippen LogP contribution in [0.25, 0.3) is 11.3 Å². The molecule has 1 fully saturated rings. The minimum atomic E-state index is -0.254. The molecule has 2 heterocycles. The van der Waals surface area contributed by atoms with Crippen LogP contribution < -0.4 is 11.1 Å². The maximum atomic E-state index is 11.7. The van der Waals surface area contributed by atoms with Gasteiger partial charge >= 0.3 is 6.09 Å². The van der Waals surface area contributed by atoms with Crippen LogP contribution in [0, 0.1) is 0 Å². The number of ether oxygens (including phenoxy) is 1. The smallest absolute Gasteiger partial charge is 0.409 e. The number of benzene rings is 1. The Kier molecular flexibility index (Phi) is 8.55. The summed E-state index contributed by atoms with van der Waals surface area (Å²) in [6.45, 7) is 3.75. The molecule has 0 aliphatic carbocycles. The number of carbonyl (C=O) groups is 1. The van der Waals surface area contributed by atoms with Gasteiger partial charge in [-0.05, 0) is 19.8 Å². The van der Waals surface area contributed by atoms with E-state index in [1.54, 1.807) is 18.0 Å². The lowest BCUT2D eigenvalue weighted by Gasteiger charge is -2.31. The van der Waals surface area contributed by atoms with Crippen LogP contribution in [-0.2, 0) is 11.3 Å². The molecule has 1 aliphatic heterocycles. The second kappa shape index (κ2) is 10.9. The quantitative estimate of drug-likeness (QED) is 0.372. The monoisotopic (exact) mass is 499 g/mol. The highest BCUT2D eigenvalue weighted by Gasteiger charge is 2.23. The van der Waals surface area contributed by atoms with Crippen LogP contribution in [0.5, 0.6) is 0 Å². The molecular formula is C19H26IN5O3. The maximum absolute atomic E-state index is 11.7. The lowest BCUT2D eigenvalue weighted by atomic mass is 10.1. The van der Waals surface area contributed by atoms with E-state index in [1.807, 2.05) is 30.3 Å². The van der Waals surface area contributed by atoms with Crippen molar-refractivity contribution in [1.82, 2.24) is 15.2 Å². The van der Waals surface area contributed by atoms with E-state index in [2.05, 4.69) is 15.3 Å². The van der Waals surface area contributed by atoms with Gasteiger partial charge in [0.2, 0.25) is 5.89 Å². The van der Waals surface area contributed by atoms with Gasteiger partial charge in [0.15, 0.2) is 11.7 Å². The summed E-state index contributed by atoms with van der Waals surface area (Å²) in [6.07, 6.45) is 3.03. The lowest BCUT2D eigenvalue weighted by molar-refractivity contribution is 0.0963. The Balaban J connectivity index is 0.00000280. The van der Waals surface area contributed by atoms with E-state index >= 15 is 0 Å². The zero-order valence-corrected chi connectivity index (χ0v) is 18.2. The maximum Gasteiger partial charge on any atom is 0.409 e. The number of oxazole rings is 1. The van der Waals surface area contributed by atoms with Gasteiger partial charge in [0.25, 0.3) is 0 Å². The van der Waals surface area contributed by atoms with Gasteiger partial charge in [-0.1, -0.05) is 30.3 Å². The van der Waals surface area contributed by atoms with E-state index < -0.39 is 0 Å². The van der Waals surface area contributed by atoms with Crippen molar-refractivity contribution in [1.29, 1.82) is 0 Å². The largest absolute Gasteiger partial charge is 0.450 e. The predicted octanol–water partition coefficient (Wildman–Crippen LogP) is 2.98. The number of rotatable bonds is 5. The number of hydrogen-bond donors (Lipinski definition) is 2. The van der Waals surface area contributed by atoms with Crippen molar-refractivity contribution in [2.45, 2.75) is 32.4 Å². The predicted molar refractivity (Wildman–Crippen MR) is 117 cm³/mol. The van der Waals surface area contributed by atoms with Crippen molar-refractivity contribution >= 4 is 36.0 Å².